The third kappa shape index (κ3) is 6.15. The van der Waals surface area contributed by atoms with Crippen LogP contribution in [0.1, 0.15) is 17.4 Å². The van der Waals surface area contributed by atoms with Crippen molar-refractivity contribution in [3.05, 3.63) is 52.2 Å². The summed E-state index contributed by atoms with van der Waals surface area (Å²) in [6.07, 6.45) is 0.957. The highest BCUT2D eigenvalue weighted by Gasteiger charge is 2.10. The first-order chi connectivity index (χ1) is 12.0. The van der Waals surface area contributed by atoms with Crippen molar-refractivity contribution in [2.75, 3.05) is 20.1 Å². The summed E-state index contributed by atoms with van der Waals surface area (Å²) in [5.41, 5.74) is 0.950. The summed E-state index contributed by atoms with van der Waals surface area (Å²) in [5.74, 6) is 0.756. The van der Waals surface area contributed by atoms with Crippen molar-refractivity contribution in [2.24, 2.45) is 4.99 Å². The molecule has 8 heteroatoms. The van der Waals surface area contributed by atoms with Crippen LogP contribution < -0.4 is 15.4 Å². The van der Waals surface area contributed by atoms with Crippen molar-refractivity contribution < 1.29 is 8.42 Å². The van der Waals surface area contributed by atoms with Gasteiger partial charge in [0.2, 0.25) is 10.0 Å². The Bertz CT molecular complexity index is 769. The van der Waals surface area contributed by atoms with Gasteiger partial charge in [-0.2, -0.15) is 0 Å². The van der Waals surface area contributed by atoms with Crippen molar-refractivity contribution in [3.63, 3.8) is 0 Å². The van der Waals surface area contributed by atoms with Gasteiger partial charge in [-0.15, -0.1) is 11.3 Å². The van der Waals surface area contributed by atoms with E-state index >= 15 is 0 Å². The Labute approximate surface area is 153 Å². The molecule has 1 aromatic heterocycles. The molecule has 0 atom stereocenters. The number of nitrogens with zero attached hydrogens (tertiary/aromatic N) is 1. The predicted molar refractivity (Wildman–Crippen MR) is 104 cm³/mol. The predicted octanol–water partition coefficient (Wildman–Crippen LogP) is 1.95. The van der Waals surface area contributed by atoms with E-state index in [1.807, 2.05) is 6.92 Å². The Morgan fingerprint density at radius 1 is 1.16 bits per heavy atom. The van der Waals surface area contributed by atoms with E-state index in [4.69, 9.17) is 0 Å². The van der Waals surface area contributed by atoms with Gasteiger partial charge in [-0.3, -0.25) is 0 Å². The molecule has 0 saturated heterocycles. The van der Waals surface area contributed by atoms with Crippen molar-refractivity contribution in [1.29, 1.82) is 0 Å². The largest absolute Gasteiger partial charge is 0.357 e. The maximum absolute atomic E-state index is 11.7. The van der Waals surface area contributed by atoms with Gasteiger partial charge in [0.15, 0.2) is 5.96 Å². The molecule has 1 aromatic carbocycles. The Kier molecular flexibility index (Phi) is 7.42. The Hall–Kier alpha value is -1.90. The second kappa shape index (κ2) is 9.55. The molecule has 0 saturated carbocycles. The van der Waals surface area contributed by atoms with Gasteiger partial charge in [0, 0.05) is 18.0 Å². The quantitative estimate of drug-likeness (QED) is 0.483. The molecule has 0 aliphatic heterocycles. The number of hydrogen-bond donors (Lipinski definition) is 3. The zero-order chi connectivity index (χ0) is 18.1. The molecule has 0 aliphatic rings. The fourth-order valence-electron chi connectivity index (χ4n) is 2.16. The number of aliphatic imine (C=N–C) groups is 1. The number of thiophene rings is 1. The molecule has 3 N–H and O–H groups in total. The van der Waals surface area contributed by atoms with E-state index in [1.54, 1.807) is 35.6 Å². The van der Waals surface area contributed by atoms with Crippen LogP contribution in [-0.2, 0) is 23.0 Å². The van der Waals surface area contributed by atoms with Crippen LogP contribution in [0.2, 0.25) is 0 Å². The summed E-state index contributed by atoms with van der Waals surface area (Å²) in [4.78, 5) is 6.14. The Morgan fingerprint density at radius 3 is 2.52 bits per heavy atom. The van der Waals surface area contributed by atoms with Gasteiger partial charge >= 0.3 is 0 Å². The lowest BCUT2D eigenvalue weighted by Crippen LogP contribution is -2.38. The summed E-state index contributed by atoms with van der Waals surface area (Å²) < 4.78 is 25.7. The highest BCUT2D eigenvalue weighted by Crippen LogP contribution is 2.11. The Balaban J connectivity index is 1.93. The monoisotopic (exact) mass is 380 g/mol. The number of benzene rings is 1. The first kappa shape index (κ1) is 19.4. The zero-order valence-electron chi connectivity index (χ0n) is 14.5. The second-order valence-electron chi connectivity index (χ2n) is 5.30. The van der Waals surface area contributed by atoms with Crippen LogP contribution in [0.25, 0.3) is 0 Å². The van der Waals surface area contributed by atoms with Crippen LogP contribution in [0.5, 0.6) is 0 Å². The highest BCUT2D eigenvalue weighted by molar-refractivity contribution is 7.89. The minimum Gasteiger partial charge on any atom is -0.357 e. The van der Waals surface area contributed by atoms with E-state index in [9.17, 15) is 8.42 Å². The molecular formula is C17H24N4O2S2. The van der Waals surface area contributed by atoms with Gasteiger partial charge in [0.05, 0.1) is 11.4 Å². The molecule has 0 fully saturated rings. The third-order valence-corrected chi connectivity index (χ3v) is 5.88. The van der Waals surface area contributed by atoms with E-state index in [2.05, 4.69) is 37.9 Å². The van der Waals surface area contributed by atoms with E-state index < -0.39 is 10.0 Å². The van der Waals surface area contributed by atoms with Crippen molar-refractivity contribution in [1.82, 2.24) is 15.4 Å². The summed E-state index contributed by atoms with van der Waals surface area (Å²) >= 11 is 1.75. The lowest BCUT2D eigenvalue weighted by Gasteiger charge is -2.11. The molecule has 0 amide bonds. The molecular weight excluding hydrogens is 356 g/mol. The molecule has 0 spiro atoms. The zero-order valence-corrected chi connectivity index (χ0v) is 16.1. The number of hydrogen-bond acceptors (Lipinski definition) is 4. The smallest absolute Gasteiger partial charge is 0.240 e. The standard InChI is InChI=1S/C17H24N4O2S2/c1-3-19-17(20-11-10-15-5-4-12-24-15)21-13-14-6-8-16(9-7-14)25(22,23)18-2/h4-9,12,18H,3,10-11,13H2,1-2H3,(H2,19,20,21). The lowest BCUT2D eigenvalue weighted by molar-refractivity contribution is 0.588. The average Bonchev–Trinajstić information content (AvgIpc) is 3.13. The van der Waals surface area contributed by atoms with Gasteiger partial charge in [-0.1, -0.05) is 18.2 Å². The van der Waals surface area contributed by atoms with Crippen LogP contribution >= 0.6 is 11.3 Å². The SMILES string of the molecule is CCNC(=NCc1ccc(S(=O)(=O)NC)cc1)NCCc1cccs1. The van der Waals surface area contributed by atoms with E-state index in [0.717, 1.165) is 31.0 Å². The minimum absolute atomic E-state index is 0.253. The fourth-order valence-corrected chi connectivity index (χ4v) is 3.60. The third-order valence-electron chi connectivity index (χ3n) is 3.51. The van der Waals surface area contributed by atoms with Gasteiger partial charge in [0.25, 0.3) is 0 Å². The molecule has 0 aliphatic carbocycles. The molecule has 6 nitrogen and oxygen atoms in total. The fraction of sp³-hybridized carbons (Fsp3) is 0.353. The number of nitrogens with one attached hydrogen (secondary N) is 3. The molecule has 0 unspecified atom stereocenters. The van der Waals surface area contributed by atoms with Crippen LogP contribution in [0.3, 0.4) is 0 Å². The summed E-state index contributed by atoms with van der Waals surface area (Å²) in [5, 5.41) is 8.60. The molecule has 1 heterocycles. The van der Waals surface area contributed by atoms with Gasteiger partial charge < -0.3 is 10.6 Å². The van der Waals surface area contributed by atoms with Crippen molar-refractivity contribution in [3.8, 4) is 0 Å². The normalized spacial score (nSPS) is 12.2. The van der Waals surface area contributed by atoms with Gasteiger partial charge in [0.1, 0.15) is 0 Å². The maximum Gasteiger partial charge on any atom is 0.240 e. The number of guanidine groups is 1. The van der Waals surface area contributed by atoms with Crippen molar-refractivity contribution in [2.45, 2.75) is 24.8 Å². The van der Waals surface area contributed by atoms with Crippen LogP contribution in [0.4, 0.5) is 0 Å². The summed E-state index contributed by atoms with van der Waals surface area (Å²) in [7, 11) is -2.00. The van der Waals surface area contributed by atoms with Gasteiger partial charge in [-0.25, -0.2) is 18.1 Å². The Morgan fingerprint density at radius 2 is 1.92 bits per heavy atom. The van der Waals surface area contributed by atoms with Crippen LogP contribution in [-0.4, -0.2) is 34.5 Å². The lowest BCUT2D eigenvalue weighted by atomic mass is 10.2. The molecule has 2 rings (SSSR count). The number of rotatable bonds is 8. The van der Waals surface area contributed by atoms with Crippen LogP contribution in [0.15, 0.2) is 51.7 Å². The van der Waals surface area contributed by atoms with E-state index in [-0.39, 0.29) is 4.90 Å². The molecule has 25 heavy (non-hydrogen) atoms. The van der Waals surface area contributed by atoms with Crippen molar-refractivity contribution >= 4 is 27.3 Å². The summed E-state index contributed by atoms with van der Waals surface area (Å²) in [6.45, 7) is 4.10. The average molecular weight is 381 g/mol. The van der Waals surface area contributed by atoms with Gasteiger partial charge in [-0.05, 0) is 49.5 Å². The first-order valence-corrected chi connectivity index (χ1v) is 10.5. The minimum atomic E-state index is -3.40. The molecule has 0 bridgehead atoms. The van der Waals surface area contributed by atoms with E-state index in [0.29, 0.717) is 6.54 Å². The van der Waals surface area contributed by atoms with Crippen LogP contribution in [0, 0.1) is 0 Å². The number of sulfonamides is 1. The highest BCUT2D eigenvalue weighted by atomic mass is 32.2. The molecule has 2 aromatic rings. The first-order valence-electron chi connectivity index (χ1n) is 8.12. The maximum atomic E-state index is 11.7. The molecule has 0 radical (unpaired) electrons. The second-order valence-corrected chi connectivity index (χ2v) is 8.22. The summed E-state index contributed by atoms with van der Waals surface area (Å²) in [6, 6.07) is 10.9. The topological polar surface area (TPSA) is 82.6 Å². The van der Waals surface area contributed by atoms with E-state index in [1.165, 1.54) is 11.9 Å². The molecule has 136 valence electrons.